The summed E-state index contributed by atoms with van der Waals surface area (Å²) in [6.07, 6.45) is 4.03. The van der Waals surface area contributed by atoms with Crippen LogP contribution in [0, 0.1) is 6.92 Å². The Balaban J connectivity index is 1.97. The highest BCUT2D eigenvalue weighted by Crippen LogP contribution is 2.31. The van der Waals surface area contributed by atoms with E-state index in [4.69, 9.17) is 0 Å². The minimum atomic E-state index is 0.295. The molecule has 0 radical (unpaired) electrons. The second-order valence-corrected chi connectivity index (χ2v) is 5.58. The molecule has 0 atom stereocenters. The first-order valence-corrected chi connectivity index (χ1v) is 6.99. The quantitative estimate of drug-likeness (QED) is 0.556. The van der Waals surface area contributed by atoms with Gasteiger partial charge in [0, 0.05) is 46.8 Å². The fraction of sp³-hybridized carbons (Fsp3) is 0.111. The number of hydrogen-bond donors (Lipinski definition) is 1. The van der Waals surface area contributed by atoms with Gasteiger partial charge in [0.2, 0.25) is 5.88 Å². The average Bonchev–Trinajstić information content (AvgIpc) is 3.01. The second kappa shape index (κ2) is 4.16. The van der Waals surface area contributed by atoms with E-state index >= 15 is 0 Å². The zero-order valence-corrected chi connectivity index (χ0v) is 12.0. The lowest BCUT2D eigenvalue weighted by molar-refractivity contribution is 0.448. The van der Waals surface area contributed by atoms with Crippen molar-refractivity contribution in [3.8, 4) is 11.6 Å². The monoisotopic (exact) mass is 276 g/mol. The molecule has 104 valence electrons. The smallest absolute Gasteiger partial charge is 0.203 e. The van der Waals surface area contributed by atoms with Crippen molar-refractivity contribution in [1.82, 2.24) is 9.13 Å². The Labute approximate surface area is 122 Å². The lowest BCUT2D eigenvalue weighted by atomic mass is 10.1. The van der Waals surface area contributed by atoms with Crippen molar-refractivity contribution < 1.29 is 5.11 Å². The van der Waals surface area contributed by atoms with E-state index in [1.54, 1.807) is 0 Å². The minimum absolute atomic E-state index is 0.295. The van der Waals surface area contributed by atoms with Crippen LogP contribution in [0.15, 0.2) is 54.9 Å². The van der Waals surface area contributed by atoms with Crippen LogP contribution in [0.25, 0.3) is 27.4 Å². The maximum absolute atomic E-state index is 10.5. The van der Waals surface area contributed by atoms with Crippen molar-refractivity contribution in [2.24, 2.45) is 7.05 Å². The zero-order chi connectivity index (χ0) is 14.6. The number of aromatic hydroxyl groups is 1. The molecule has 3 nitrogen and oxygen atoms in total. The van der Waals surface area contributed by atoms with Crippen molar-refractivity contribution in [3.05, 3.63) is 60.4 Å². The van der Waals surface area contributed by atoms with Crippen molar-refractivity contribution in [2.45, 2.75) is 6.92 Å². The molecule has 0 saturated heterocycles. The summed E-state index contributed by atoms with van der Waals surface area (Å²) in [4.78, 5) is 0. The Hall–Kier alpha value is -2.68. The van der Waals surface area contributed by atoms with Crippen LogP contribution in [0.2, 0.25) is 0 Å². The van der Waals surface area contributed by atoms with Crippen LogP contribution in [0.3, 0.4) is 0 Å². The fourth-order valence-corrected chi connectivity index (χ4v) is 2.92. The van der Waals surface area contributed by atoms with Gasteiger partial charge in [-0.25, -0.2) is 0 Å². The van der Waals surface area contributed by atoms with E-state index in [-0.39, 0.29) is 0 Å². The van der Waals surface area contributed by atoms with Crippen molar-refractivity contribution in [2.75, 3.05) is 0 Å². The Kier molecular flexibility index (Phi) is 2.39. The lowest BCUT2D eigenvalue weighted by Crippen LogP contribution is -1.91. The van der Waals surface area contributed by atoms with Gasteiger partial charge in [0.15, 0.2) is 0 Å². The standard InChI is InChI=1S/C18H16N2O/c1-12-3-4-14-11-20(18(21)16(14)9-12)15-5-6-17-13(10-15)7-8-19(17)2/h3-11,21H,1-2H3. The Morgan fingerprint density at radius 3 is 2.67 bits per heavy atom. The summed E-state index contributed by atoms with van der Waals surface area (Å²) in [5, 5.41) is 13.6. The molecule has 0 amide bonds. The molecule has 0 aliphatic carbocycles. The number of benzene rings is 2. The molecule has 0 unspecified atom stereocenters. The molecule has 2 aromatic carbocycles. The van der Waals surface area contributed by atoms with E-state index in [1.165, 1.54) is 10.9 Å². The lowest BCUT2D eigenvalue weighted by Gasteiger charge is -2.06. The predicted octanol–water partition coefficient (Wildman–Crippen LogP) is 4.14. The predicted molar refractivity (Wildman–Crippen MR) is 86.2 cm³/mol. The number of aryl methyl sites for hydroxylation is 2. The summed E-state index contributed by atoms with van der Waals surface area (Å²) in [5.74, 6) is 0.295. The van der Waals surface area contributed by atoms with E-state index in [1.807, 2.05) is 49.1 Å². The minimum Gasteiger partial charge on any atom is -0.494 e. The highest BCUT2D eigenvalue weighted by atomic mass is 16.3. The first-order valence-electron chi connectivity index (χ1n) is 6.99. The molecule has 0 aliphatic heterocycles. The number of fused-ring (bicyclic) bond motifs is 2. The summed E-state index contributed by atoms with van der Waals surface area (Å²) in [6, 6.07) is 14.4. The molecule has 2 aromatic heterocycles. The van der Waals surface area contributed by atoms with Gasteiger partial charge in [0.05, 0.1) is 0 Å². The van der Waals surface area contributed by atoms with Crippen molar-refractivity contribution in [1.29, 1.82) is 0 Å². The fourth-order valence-electron chi connectivity index (χ4n) is 2.92. The van der Waals surface area contributed by atoms with Gasteiger partial charge in [0.1, 0.15) is 0 Å². The Morgan fingerprint density at radius 1 is 0.952 bits per heavy atom. The van der Waals surface area contributed by atoms with Gasteiger partial charge in [-0.2, -0.15) is 0 Å². The molecule has 2 heterocycles. The van der Waals surface area contributed by atoms with Crippen LogP contribution in [-0.4, -0.2) is 14.2 Å². The number of aromatic nitrogens is 2. The van der Waals surface area contributed by atoms with Crippen LogP contribution in [-0.2, 0) is 7.05 Å². The van der Waals surface area contributed by atoms with E-state index in [9.17, 15) is 5.11 Å². The molecule has 3 heteroatoms. The van der Waals surface area contributed by atoms with E-state index in [2.05, 4.69) is 28.8 Å². The second-order valence-electron chi connectivity index (χ2n) is 5.58. The molecular formula is C18H16N2O. The molecule has 0 saturated carbocycles. The molecule has 1 N–H and O–H groups in total. The Morgan fingerprint density at radius 2 is 1.81 bits per heavy atom. The first kappa shape index (κ1) is 12.1. The summed E-state index contributed by atoms with van der Waals surface area (Å²) in [5.41, 5.74) is 3.31. The molecule has 0 bridgehead atoms. The third kappa shape index (κ3) is 1.74. The normalized spacial score (nSPS) is 11.5. The first-order chi connectivity index (χ1) is 10.1. The maximum atomic E-state index is 10.5. The van der Waals surface area contributed by atoms with Gasteiger partial charge in [-0.3, -0.25) is 4.57 Å². The largest absolute Gasteiger partial charge is 0.494 e. The number of nitrogens with zero attached hydrogens (tertiary/aromatic N) is 2. The van der Waals surface area contributed by atoms with Gasteiger partial charge in [0.25, 0.3) is 0 Å². The van der Waals surface area contributed by atoms with Crippen LogP contribution < -0.4 is 0 Å². The van der Waals surface area contributed by atoms with E-state index in [0.29, 0.717) is 5.88 Å². The van der Waals surface area contributed by atoms with Crippen LogP contribution in [0.1, 0.15) is 5.56 Å². The summed E-state index contributed by atoms with van der Waals surface area (Å²) in [7, 11) is 2.03. The third-order valence-electron chi connectivity index (χ3n) is 4.09. The van der Waals surface area contributed by atoms with Crippen LogP contribution in [0.5, 0.6) is 5.88 Å². The summed E-state index contributed by atoms with van der Waals surface area (Å²) in [6.45, 7) is 2.03. The van der Waals surface area contributed by atoms with Gasteiger partial charge >= 0.3 is 0 Å². The maximum Gasteiger partial charge on any atom is 0.203 e. The molecule has 0 spiro atoms. The van der Waals surface area contributed by atoms with E-state index in [0.717, 1.165) is 22.0 Å². The van der Waals surface area contributed by atoms with Crippen molar-refractivity contribution >= 4 is 21.7 Å². The van der Waals surface area contributed by atoms with Crippen molar-refractivity contribution in [3.63, 3.8) is 0 Å². The highest BCUT2D eigenvalue weighted by molar-refractivity contribution is 5.90. The zero-order valence-electron chi connectivity index (χ0n) is 12.0. The average molecular weight is 276 g/mol. The van der Waals surface area contributed by atoms with E-state index < -0.39 is 0 Å². The molecule has 21 heavy (non-hydrogen) atoms. The molecule has 4 aromatic rings. The third-order valence-corrected chi connectivity index (χ3v) is 4.09. The van der Waals surface area contributed by atoms with Gasteiger partial charge in [-0.15, -0.1) is 0 Å². The number of hydrogen-bond acceptors (Lipinski definition) is 1. The van der Waals surface area contributed by atoms with Gasteiger partial charge in [-0.1, -0.05) is 17.7 Å². The highest BCUT2D eigenvalue weighted by Gasteiger charge is 2.10. The SMILES string of the molecule is Cc1ccc2cn(-c3ccc4c(ccn4C)c3)c(O)c2c1. The molecule has 4 rings (SSSR count). The Bertz CT molecular complexity index is 976. The van der Waals surface area contributed by atoms with Gasteiger partial charge in [-0.05, 0) is 37.3 Å². The molecule has 0 aliphatic rings. The summed E-state index contributed by atoms with van der Waals surface area (Å²) >= 11 is 0. The molecule has 0 fully saturated rings. The molecular weight excluding hydrogens is 260 g/mol. The van der Waals surface area contributed by atoms with Gasteiger partial charge < -0.3 is 9.67 Å². The van der Waals surface area contributed by atoms with Crippen LogP contribution in [0.4, 0.5) is 0 Å². The number of rotatable bonds is 1. The van der Waals surface area contributed by atoms with Crippen LogP contribution >= 0.6 is 0 Å². The topological polar surface area (TPSA) is 30.1 Å². The summed E-state index contributed by atoms with van der Waals surface area (Å²) < 4.78 is 3.94.